The van der Waals surface area contributed by atoms with Gasteiger partial charge in [0.05, 0.1) is 6.61 Å². The van der Waals surface area contributed by atoms with E-state index in [2.05, 4.69) is 39.5 Å². The SMILES string of the molecule is CCOc1cccc(CN2CCNCC2c2cccnc2)c1. The second kappa shape index (κ2) is 7.38. The largest absolute Gasteiger partial charge is 0.494 e. The molecule has 1 aromatic heterocycles. The molecule has 1 aliphatic heterocycles. The minimum absolute atomic E-state index is 0.373. The van der Waals surface area contributed by atoms with Crippen molar-refractivity contribution in [2.24, 2.45) is 0 Å². The maximum absolute atomic E-state index is 5.61. The standard InChI is InChI=1S/C18H23N3O/c1-2-22-17-7-3-5-15(11-17)14-21-10-9-20-13-18(21)16-6-4-8-19-12-16/h3-8,11-12,18,20H,2,9-10,13-14H2,1H3. The Balaban J connectivity index is 1.75. The lowest BCUT2D eigenvalue weighted by Gasteiger charge is -2.36. The van der Waals surface area contributed by atoms with E-state index in [1.807, 2.05) is 31.5 Å². The van der Waals surface area contributed by atoms with E-state index in [1.165, 1.54) is 11.1 Å². The number of hydrogen-bond donors (Lipinski definition) is 1. The van der Waals surface area contributed by atoms with E-state index >= 15 is 0 Å². The van der Waals surface area contributed by atoms with Crippen molar-refractivity contribution in [2.75, 3.05) is 26.2 Å². The Morgan fingerprint density at radius 1 is 1.32 bits per heavy atom. The van der Waals surface area contributed by atoms with Crippen LogP contribution >= 0.6 is 0 Å². The van der Waals surface area contributed by atoms with Crippen LogP contribution in [0.5, 0.6) is 5.75 Å². The van der Waals surface area contributed by atoms with Gasteiger partial charge in [0.15, 0.2) is 0 Å². The van der Waals surface area contributed by atoms with Crippen molar-refractivity contribution in [3.8, 4) is 5.75 Å². The van der Waals surface area contributed by atoms with Crippen molar-refractivity contribution < 1.29 is 4.74 Å². The molecule has 1 N–H and O–H groups in total. The van der Waals surface area contributed by atoms with Gasteiger partial charge in [-0.2, -0.15) is 0 Å². The fraction of sp³-hybridized carbons (Fsp3) is 0.389. The molecular weight excluding hydrogens is 274 g/mol. The van der Waals surface area contributed by atoms with Crippen molar-refractivity contribution in [2.45, 2.75) is 19.5 Å². The molecule has 3 rings (SSSR count). The lowest BCUT2D eigenvalue weighted by molar-refractivity contribution is 0.153. The van der Waals surface area contributed by atoms with Crippen molar-refractivity contribution >= 4 is 0 Å². The van der Waals surface area contributed by atoms with Crippen molar-refractivity contribution in [3.05, 3.63) is 59.9 Å². The summed E-state index contributed by atoms with van der Waals surface area (Å²) in [4.78, 5) is 6.78. The fourth-order valence-corrected chi connectivity index (χ4v) is 2.97. The molecule has 0 bridgehead atoms. The van der Waals surface area contributed by atoms with Crippen LogP contribution in [0, 0.1) is 0 Å². The topological polar surface area (TPSA) is 37.4 Å². The highest BCUT2D eigenvalue weighted by atomic mass is 16.5. The van der Waals surface area contributed by atoms with Crippen LogP contribution in [-0.2, 0) is 6.54 Å². The number of hydrogen-bond acceptors (Lipinski definition) is 4. The van der Waals surface area contributed by atoms with E-state index in [9.17, 15) is 0 Å². The van der Waals surface area contributed by atoms with Gasteiger partial charge < -0.3 is 10.1 Å². The molecule has 116 valence electrons. The Kier molecular flexibility index (Phi) is 5.03. The van der Waals surface area contributed by atoms with Crippen molar-refractivity contribution in [1.82, 2.24) is 15.2 Å². The number of ether oxygens (including phenoxy) is 1. The summed E-state index contributed by atoms with van der Waals surface area (Å²) in [6, 6.07) is 13.0. The molecule has 1 fully saturated rings. The molecule has 2 heterocycles. The second-order valence-electron chi connectivity index (χ2n) is 5.56. The normalized spacial score (nSPS) is 19.0. The van der Waals surface area contributed by atoms with Crippen LogP contribution < -0.4 is 10.1 Å². The zero-order valence-electron chi connectivity index (χ0n) is 13.0. The summed E-state index contributed by atoms with van der Waals surface area (Å²) in [6.07, 6.45) is 3.80. The number of rotatable bonds is 5. The molecule has 0 amide bonds. The lowest BCUT2D eigenvalue weighted by Crippen LogP contribution is -2.45. The summed E-state index contributed by atoms with van der Waals surface area (Å²) in [5.41, 5.74) is 2.57. The van der Waals surface area contributed by atoms with Gasteiger partial charge in [-0.05, 0) is 36.2 Å². The zero-order valence-corrected chi connectivity index (χ0v) is 13.0. The Morgan fingerprint density at radius 3 is 3.09 bits per heavy atom. The molecule has 1 saturated heterocycles. The summed E-state index contributed by atoms with van der Waals surface area (Å²) in [7, 11) is 0. The second-order valence-corrected chi connectivity index (χ2v) is 5.56. The predicted molar refractivity (Wildman–Crippen MR) is 87.9 cm³/mol. The molecule has 0 saturated carbocycles. The van der Waals surface area contributed by atoms with E-state index in [1.54, 1.807) is 0 Å². The number of nitrogens with zero attached hydrogens (tertiary/aromatic N) is 2. The number of aromatic nitrogens is 1. The van der Waals surface area contributed by atoms with Crippen LogP contribution in [0.2, 0.25) is 0 Å². The first-order valence-corrected chi connectivity index (χ1v) is 7.93. The van der Waals surface area contributed by atoms with Gasteiger partial charge in [-0.15, -0.1) is 0 Å². The Bertz CT molecular complexity index is 588. The highest BCUT2D eigenvalue weighted by Gasteiger charge is 2.23. The molecule has 4 heteroatoms. The number of benzene rings is 1. The summed E-state index contributed by atoms with van der Waals surface area (Å²) < 4.78 is 5.61. The van der Waals surface area contributed by atoms with Crippen molar-refractivity contribution in [1.29, 1.82) is 0 Å². The van der Waals surface area contributed by atoms with Crippen molar-refractivity contribution in [3.63, 3.8) is 0 Å². The van der Waals surface area contributed by atoms with Crippen LogP contribution in [-0.4, -0.2) is 36.1 Å². The van der Waals surface area contributed by atoms with Gasteiger partial charge in [-0.25, -0.2) is 0 Å². The van der Waals surface area contributed by atoms with Crippen LogP contribution in [0.1, 0.15) is 24.1 Å². The van der Waals surface area contributed by atoms with Gasteiger partial charge in [0, 0.05) is 44.6 Å². The minimum Gasteiger partial charge on any atom is -0.494 e. The first kappa shape index (κ1) is 15.0. The van der Waals surface area contributed by atoms with Crippen LogP contribution in [0.4, 0.5) is 0 Å². The maximum Gasteiger partial charge on any atom is 0.119 e. The summed E-state index contributed by atoms with van der Waals surface area (Å²) in [5, 5.41) is 3.49. The third-order valence-electron chi connectivity index (χ3n) is 4.02. The van der Waals surface area contributed by atoms with E-state index < -0.39 is 0 Å². The van der Waals surface area contributed by atoms with Gasteiger partial charge in [0.25, 0.3) is 0 Å². The van der Waals surface area contributed by atoms with Gasteiger partial charge in [-0.3, -0.25) is 9.88 Å². The Labute approximate surface area is 132 Å². The minimum atomic E-state index is 0.373. The Hall–Kier alpha value is -1.91. The molecule has 1 atom stereocenters. The van der Waals surface area contributed by atoms with Gasteiger partial charge in [-0.1, -0.05) is 18.2 Å². The number of pyridine rings is 1. The summed E-state index contributed by atoms with van der Waals surface area (Å²) >= 11 is 0. The molecule has 1 unspecified atom stereocenters. The maximum atomic E-state index is 5.61. The van der Waals surface area contributed by atoms with E-state index in [4.69, 9.17) is 4.74 Å². The van der Waals surface area contributed by atoms with Crippen LogP contribution in [0.15, 0.2) is 48.8 Å². The average molecular weight is 297 g/mol. The molecule has 1 aromatic carbocycles. The molecule has 2 aromatic rings. The number of piperazine rings is 1. The van der Waals surface area contributed by atoms with E-state index in [-0.39, 0.29) is 0 Å². The quantitative estimate of drug-likeness (QED) is 0.920. The Morgan fingerprint density at radius 2 is 2.27 bits per heavy atom. The third-order valence-corrected chi connectivity index (χ3v) is 4.02. The molecule has 0 aliphatic carbocycles. The number of nitrogens with one attached hydrogen (secondary N) is 1. The summed E-state index contributed by atoms with van der Waals surface area (Å²) in [5.74, 6) is 0.952. The third kappa shape index (κ3) is 3.64. The van der Waals surface area contributed by atoms with Crippen LogP contribution in [0.25, 0.3) is 0 Å². The highest BCUT2D eigenvalue weighted by molar-refractivity contribution is 5.29. The molecule has 0 spiro atoms. The first-order chi connectivity index (χ1) is 10.9. The zero-order chi connectivity index (χ0) is 15.2. The molecule has 22 heavy (non-hydrogen) atoms. The lowest BCUT2D eigenvalue weighted by atomic mass is 10.0. The predicted octanol–water partition coefficient (Wildman–Crippen LogP) is 2.63. The molecule has 0 radical (unpaired) electrons. The van der Waals surface area contributed by atoms with Gasteiger partial charge >= 0.3 is 0 Å². The van der Waals surface area contributed by atoms with E-state index in [0.717, 1.165) is 31.9 Å². The van der Waals surface area contributed by atoms with E-state index in [0.29, 0.717) is 12.6 Å². The first-order valence-electron chi connectivity index (χ1n) is 7.93. The summed E-state index contributed by atoms with van der Waals surface area (Å²) in [6.45, 7) is 6.69. The monoisotopic (exact) mass is 297 g/mol. The van der Waals surface area contributed by atoms with Gasteiger partial charge in [0.1, 0.15) is 5.75 Å². The van der Waals surface area contributed by atoms with Crippen LogP contribution in [0.3, 0.4) is 0 Å². The molecular formula is C18H23N3O. The average Bonchev–Trinajstić information content (AvgIpc) is 2.57. The molecule has 4 nitrogen and oxygen atoms in total. The highest BCUT2D eigenvalue weighted by Crippen LogP contribution is 2.24. The smallest absolute Gasteiger partial charge is 0.119 e. The van der Waals surface area contributed by atoms with Gasteiger partial charge in [0.2, 0.25) is 0 Å². The molecule has 1 aliphatic rings. The fourth-order valence-electron chi connectivity index (χ4n) is 2.97.